The van der Waals surface area contributed by atoms with Gasteiger partial charge in [-0.15, -0.1) is 0 Å². The first-order valence-electron chi connectivity index (χ1n) is 4.46. The molecule has 0 aliphatic rings. The molecule has 2 heterocycles. The Bertz CT molecular complexity index is 447. The number of rotatable bonds is 3. The van der Waals surface area contributed by atoms with E-state index in [1.807, 2.05) is 12.1 Å². The van der Waals surface area contributed by atoms with Crippen LogP contribution in [0.5, 0.6) is 0 Å². The van der Waals surface area contributed by atoms with Crippen LogP contribution in [0.1, 0.15) is 12.1 Å². The molecule has 0 bridgehead atoms. The average molecular weight is 205 g/mol. The van der Waals surface area contributed by atoms with E-state index in [1.54, 1.807) is 12.4 Å². The highest BCUT2D eigenvalue weighted by atomic mass is 32.1. The van der Waals surface area contributed by atoms with Crippen LogP contribution >= 0.6 is 12.6 Å². The lowest BCUT2D eigenvalue weighted by molar-refractivity contribution is 1.11. The maximum Gasteiger partial charge on any atom is 0.0833 e. The van der Waals surface area contributed by atoms with Crippen molar-refractivity contribution < 1.29 is 0 Å². The number of hydrogen-bond acceptors (Lipinski definition) is 3. The summed E-state index contributed by atoms with van der Waals surface area (Å²) in [5, 5.41) is 7.89. The summed E-state index contributed by atoms with van der Waals surface area (Å²) in [5.41, 5.74) is 1.93. The third kappa shape index (κ3) is 1.96. The molecule has 3 nitrogen and oxygen atoms in total. The Hall–Kier alpha value is -1.29. The topological polar surface area (TPSA) is 41.6 Å². The Labute approximate surface area is 87.7 Å². The zero-order chi connectivity index (χ0) is 9.80. The Morgan fingerprint density at radius 2 is 2.36 bits per heavy atom. The second-order valence-electron chi connectivity index (χ2n) is 2.98. The first-order chi connectivity index (χ1) is 6.90. The predicted octanol–water partition coefficient (Wildman–Crippen LogP) is 2.29. The molecule has 0 fully saturated rings. The van der Waals surface area contributed by atoms with E-state index >= 15 is 0 Å². The summed E-state index contributed by atoms with van der Waals surface area (Å²) in [6.45, 7) is 0. The lowest BCUT2D eigenvalue weighted by Gasteiger charge is -1.92. The molecule has 0 amide bonds. The smallest absolute Gasteiger partial charge is 0.0833 e. The molecule has 0 radical (unpaired) electrons. The first-order valence-corrected chi connectivity index (χ1v) is 5.10. The minimum atomic E-state index is 0.866. The van der Waals surface area contributed by atoms with Gasteiger partial charge in [0.1, 0.15) is 0 Å². The summed E-state index contributed by atoms with van der Waals surface area (Å²) in [6, 6.07) is 2.01. The number of pyridine rings is 1. The van der Waals surface area contributed by atoms with Crippen LogP contribution in [0.3, 0.4) is 0 Å². The van der Waals surface area contributed by atoms with Gasteiger partial charge in [0.25, 0.3) is 0 Å². The molecule has 0 unspecified atom stereocenters. The van der Waals surface area contributed by atoms with Gasteiger partial charge in [-0.2, -0.15) is 17.7 Å². The summed E-state index contributed by atoms with van der Waals surface area (Å²) >= 11 is 4.13. The second-order valence-corrected chi connectivity index (χ2v) is 3.43. The standard InChI is InChI=1S/C10H11N3S/c14-4-2-1-3-9-5-8-6-12-13-10(8)7-11-9/h1,3,5-7,14H,2,4H2,(H,12,13). The van der Waals surface area contributed by atoms with Crippen molar-refractivity contribution in [1.82, 2.24) is 15.2 Å². The number of allylic oxidation sites excluding steroid dienone is 1. The quantitative estimate of drug-likeness (QED) is 0.755. The third-order valence-electron chi connectivity index (χ3n) is 1.93. The van der Waals surface area contributed by atoms with Crippen LogP contribution in [0.4, 0.5) is 0 Å². The second kappa shape index (κ2) is 4.28. The van der Waals surface area contributed by atoms with Gasteiger partial charge in [-0.1, -0.05) is 6.08 Å². The molecular formula is C10H11N3S. The normalized spacial score (nSPS) is 11.5. The molecule has 72 valence electrons. The summed E-state index contributed by atoms with van der Waals surface area (Å²) in [6.07, 6.45) is 8.63. The molecule has 0 atom stereocenters. The molecule has 1 N–H and O–H groups in total. The number of H-pyrrole nitrogens is 1. The first kappa shape index (κ1) is 9.27. The van der Waals surface area contributed by atoms with E-state index in [9.17, 15) is 0 Å². The molecule has 0 saturated carbocycles. The van der Waals surface area contributed by atoms with E-state index in [2.05, 4.69) is 33.9 Å². The number of fused-ring (bicyclic) bond motifs is 1. The Balaban J connectivity index is 2.25. The maximum absolute atomic E-state index is 4.27. The summed E-state index contributed by atoms with van der Waals surface area (Å²) < 4.78 is 0. The number of hydrogen-bond donors (Lipinski definition) is 2. The molecule has 2 aromatic heterocycles. The van der Waals surface area contributed by atoms with Gasteiger partial charge in [0.2, 0.25) is 0 Å². The van der Waals surface area contributed by atoms with Crippen LogP contribution in [0.15, 0.2) is 24.5 Å². The van der Waals surface area contributed by atoms with E-state index in [0.717, 1.165) is 28.8 Å². The lowest BCUT2D eigenvalue weighted by Crippen LogP contribution is -1.79. The van der Waals surface area contributed by atoms with Crippen LogP contribution in [0.2, 0.25) is 0 Å². The fourth-order valence-corrected chi connectivity index (χ4v) is 1.38. The van der Waals surface area contributed by atoms with E-state index in [1.165, 1.54) is 0 Å². The monoisotopic (exact) mass is 205 g/mol. The highest BCUT2D eigenvalue weighted by Crippen LogP contribution is 2.11. The van der Waals surface area contributed by atoms with Crippen molar-refractivity contribution >= 4 is 29.6 Å². The van der Waals surface area contributed by atoms with Crippen molar-refractivity contribution in [2.24, 2.45) is 0 Å². The van der Waals surface area contributed by atoms with Gasteiger partial charge in [0.05, 0.1) is 23.6 Å². The van der Waals surface area contributed by atoms with Crippen molar-refractivity contribution in [2.75, 3.05) is 5.75 Å². The molecule has 0 spiro atoms. The van der Waals surface area contributed by atoms with Gasteiger partial charge in [-0.25, -0.2) is 0 Å². The molecule has 2 aromatic rings. The van der Waals surface area contributed by atoms with Crippen molar-refractivity contribution in [2.45, 2.75) is 6.42 Å². The molecule has 2 rings (SSSR count). The van der Waals surface area contributed by atoms with Crippen LogP contribution in [-0.2, 0) is 0 Å². The molecule has 0 aliphatic heterocycles. The van der Waals surface area contributed by atoms with Crippen molar-refractivity contribution in [3.8, 4) is 0 Å². The minimum absolute atomic E-state index is 0.866. The highest BCUT2D eigenvalue weighted by molar-refractivity contribution is 7.80. The highest BCUT2D eigenvalue weighted by Gasteiger charge is 1.95. The fraction of sp³-hybridized carbons (Fsp3) is 0.200. The van der Waals surface area contributed by atoms with E-state index in [-0.39, 0.29) is 0 Å². The van der Waals surface area contributed by atoms with Gasteiger partial charge < -0.3 is 0 Å². The Morgan fingerprint density at radius 1 is 1.43 bits per heavy atom. The Morgan fingerprint density at radius 3 is 3.21 bits per heavy atom. The van der Waals surface area contributed by atoms with Crippen LogP contribution in [0.25, 0.3) is 17.0 Å². The van der Waals surface area contributed by atoms with E-state index in [4.69, 9.17) is 0 Å². The van der Waals surface area contributed by atoms with Gasteiger partial charge in [0, 0.05) is 5.39 Å². The molecule has 14 heavy (non-hydrogen) atoms. The van der Waals surface area contributed by atoms with Gasteiger partial charge in [-0.05, 0) is 24.3 Å². The van der Waals surface area contributed by atoms with Crippen LogP contribution in [-0.4, -0.2) is 20.9 Å². The van der Waals surface area contributed by atoms with Crippen LogP contribution in [0, 0.1) is 0 Å². The number of aromatic nitrogens is 3. The van der Waals surface area contributed by atoms with Crippen molar-refractivity contribution in [3.63, 3.8) is 0 Å². The lowest BCUT2D eigenvalue weighted by atomic mass is 10.2. The van der Waals surface area contributed by atoms with Gasteiger partial charge >= 0.3 is 0 Å². The number of nitrogens with one attached hydrogen (secondary N) is 1. The summed E-state index contributed by atoms with van der Waals surface area (Å²) in [4.78, 5) is 4.27. The summed E-state index contributed by atoms with van der Waals surface area (Å²) in [7, 11) is 0. The molecular weight excluding hydrogens is 194 g/mol. The molecule has 0 aliphatic carbocycles. The number of nitrogens with zero attached hydrogens (tertiary/aromatic N) is 2. The zero-order valence-electron chi connectivity index (χ0n) is 7.64. The predicted molar refractivity (Wildman–Crippen MR) is 61.4 cm³/mol. The van der Waals surface area contributed by atoms with E-state index in [0.29, 0.717) is 0 Å². The molecule has 4 heteroatoms. The largest absolute Gasteiger partial charge is 0.276 e. The molecule has 0 aromatic carbocycles. The number of aromatic amines is 1. The zero-order valence-corrected chi connectivity index (χ0v) is 8.54. The van der Waals surface area contributed by atoms with Crippen LogP contribution < -0.4 is 0 Å². The van der Waals surface area contributed by atoms with E-state index < -0.39 is 0 Å². The minimum Gasteiger partial charge on any atom is -0.276 e. The van der Waals surface area contributed by atoms with Gasteiger partial charge in [-0.3, -0.25) is 10.1 Å². The van der Waals surface area contributed by atoms with Crippen molar-refractivity contribution in [1.29, 1.82) is 0 Å². The van der Waals surface area contributed by atoms with Gasteiger partial charge in [0.15, 0.2) is 0 Å². The van der Waals surface area contributed by atoms with Crippen molar-refractivity contribution in [3.05, 3.63) is 30.2 Å². The Kier molecular flexibility index (Phi) is 2.84. The summed E-state index contributed by atoms with van der Waals surface area (Å²) in [5.74, 6) is 0.866. The number of thiol groups is 1. The molecule has 0 saturated heterocycles. The SMILES string of the molecule is SCCC=Cc1cc2cn[nH]c2cn1. The maximum atomic E-state index is 4.27. The average Bonchev–Trinajstić information content (AvgIpc) is 2.65. The fourth-order valence-electron chi connectivity index (χ4n) is 1.23. The third-order valence-corrected chi connectivity index (χ3v) is 2.19.